The lowest BCUT2D eigenvalue weighted by Crippen LogP contribution is -2.36. The van der Waals surface area contributed by atoms with Gasteiger partial charge in [-0.1, -0.05) is 53.5 Å². The monoisotopic (exact) mass is 416 g/mol. The van der Waals surface area contributed by atoms with Crippen LogP contribution < -0.4 is 4.74 Å². The fraction of sp³-hybridized carbons (Fsp3) is 0.500. The number of ether oxygens (including phenoxy) is 2. The fourth-order valence-electron chi connectivity index (χ4n) is 4.62. The quantitative estimate of drug-likeness (QED) is 0.380. The molecule has 0 spiro atoms. The van der Waals surface area contributed by atoms with Crippen molar-refractivity contribution < 1.29 is 19.0 Å². The number of halogens is 1. The van der Waals surface area contributed by atoms with Crippen LogP contribution in [0.3, 0.4) is 0 Å². The van der Waals surface area contributed by atoms with Crippen LogP contribution in [-0.4, -0.2) is 28.5 Å². The Bertz CT molecular complexity index is 888. The summed E-state index contributed by atoms with van der Waals surface area (Å²) in [6, 6.07) is 6.27. The molecule has 0 saturated carbocycles. The van der Waals surface area contributed by atoms with Gasteiger partial charge in [-0.2, -0.15) is 0 Å². The number of rotatable bonds is 7. The fourth-order valence-corrected chi connectivity index (χ4v) is 6.42. The van der Waals surface area contributed by atoms with Gasteiger partial charge in [-0.3, -0.25) is 0 Å². The summed E-state index contributed by atoms with van der Waals surface area (Å²) in [6.07, 6.45) is 0. The van der Waals surface area contributed by atoms with Crippen LogP contribution in [0.4, 0.5) is 4.39 Å². The molecule has 0 unspecified atom stereocenters. The molecular formula is C24H33FO3Si. The van der Waals surface area contributed by atoms with Gasteiger partial charge in [0, 0.05) is 18.6 Å². The highest BCUT2D eigenvalue weighted by Crippen LogP contribution is 2.49. The van der Waals surface area contributed by atoms with Crippen molar-refractivity contribution in [1.29, 1.82) is 0 Å². The molecule has 0 saturated heterocycles. The molecule has 0 aliphatic carbocycles. The van der Waals surface area contributed by atoms with Crippen LogP contribution in [0.5, 0.6) is 11.5 Å². The Balaban J connectivity index is 2.51. The van der Waals surface area contributed by atoms with Crippen LogP contribution in [0.15, 0.2) is 24.3 Å². The first-order valence-electron chi connectivity index (χ1n) is 10.2. The Morgan fingerprint density at radius 1 is 1.07 bits per heavy atom. The standard InChI is InChI=1S/C24H33FO3Si/c1-15(2)24(16(3)4,17(5)6)29-11-10-20-21(25)9-8-18-12-19(28-14-27-7)13-22(26)23(18)20/h8-9,12-13,15-17,26H,14,29H2,1-7H3. The van der Waals surface area contributed by atoms with Crippen molar-refractivity contribution in [2.24, 2.45) is 17.8 Å². The molecule has 0 fully saturated rings. The second kappa shape index (κ2) is 9.64. The van der Waals surface area contributed by atoms with Gasteiger partial charge in [0.25, 0.3) is 0 Å². The molecule has 2 aromatic rings. The van der Waals surface area contributed by atoms with Crippen molar-refractivity contribution in [1.82, 2.24) is 0 Å². The predicted molar refractivity (Wildman–Crippen MR) is 121 cm³/mol. The van der Waals surface area contributed by atoms with Crippen LogP contribution >= 0.6 is 0 Å². The molecular weight excluding hydrogens is 383 g/mol. The summed E-state index contributed by atoms with van der Waals surface area (Å²) in [5, 5.41) is 11.8. The van der Waals surface area contributed by atoms with Crippen molar-refractivity contribution in [3.05, 3.63) is 35.6 Å². The van der Waals surface area contributed by atoms with Crippen molar-refractivity contribution in [2.75, 3.05) is 13.9 Å². The topological polar surface area (TPSA) is 38.7 Å². The molecule has 2 aromatic carbocycles. The van der Waals surface area contributed by atoms with E-state index in [2.05, 4.69) is 53.0 Å². The molecule has 3 nitrogen and oxygen atoms in total. The van der Waals surface area contributed by atoms with Gasteiger partial charge in [0.2, 0.25) is 0 Å². The molecule has 0 aliphatic rings. The Kier molecular flexibility index (Phi) is 7.73. The number of aromatic hydroxyl groups is 1. The first-order chi connectivity index (χ1) is 13.6. The van der Waals surface area contributed by atoms with Crippen LogP contribution in [0, 0.1) is 35.0 Å². The number of hydrogen-bond donors (Lipinski definition) is 1. The minimum absolute atomic E-state index is 0.0399. The van der Waals surface area contributed by atoms with Crippen molar-refractivity contribution >= 4 is 20.3 Å². The highest BCUT2D eigenvalue weighted by Gasteiger charge is 2.39. The van der Waals surface area contributed by atoms with E-state index in [1.54, 1.807) is 12.1 Å². The van der Waals surface area contributed by atoms with E-state index >= 15 is 0 Å². The Labute approximate surface area is 176 Å². The van der Waals surface area contributed by atoms with Crippen molar-refractivity contribution in [3.8, 4) is 23.0 Å². The van der Waals surface area contributed by atoms with E-state index in [1.165, 1.54) is 19.2 Å². The average Bonchev–Trinajstić information content (AvgIpc) is 2.64. The molecule has 5 heteroatoms. The predicted octanol–water partition coefficient (Wildman–Crippen LogP) is 5.27. The molecule has 0 aromatic heterocycles. The smallest absolute Gasteiger partial charge is 0.188 e. The van der Waals surface area contributed by atoms with E-state index in [0.29, 0.717) is 34.3 Å². The molecule has 1 N–H and O–H groups in total. The summed E-state index contributed by atoms with van der Waals surface area (Å²) in [5.74, 6) is 4.63. The molecule has 0 aliphatic heterocycles. The van der Waals surface area contributed by atoms with E-state index in [0.717, 1.165) is 0 Å². The van der Waals surface area contributed by atoms with Gasteiger partial charge in [0.05, 0.1) is 5.56 Å². The molecule has 0 bridgehead atoms. The molecule has 2 rings (SSSR count). The summed E-state index contributed by atoms with van der Waals surface area (Å²) >= 11 is 0. The van der Waals surface area contributed by atoms with Gasteiger partial charge in [-0.15, -0.1) is 5.54 Å². The Morgan fingerprint density at radius 2 is 1.69 bits per heavy atom. The summed E-state index contributed by atoms with van der Waals surface area (Å²) in [5.41, 5.74) is 3.64. The molecule has 29 heavy (non-hydrogen) atoms. The molecule has 158 valence electrons. The lowest BCUT2D eigenvalue weighted by atomic mass is 9.76. The highest BCUT2D eigenvalue weighted by atomic mass is 28.2. The van der Waals surface area contributed by atoms with Crippen LogP contribution in [-0.2, 0) is 4.74 Å². The van der Waals surface area contributed by atoms with E-state index in [9.17, 15) is 9.50 Å². The molecule has 0 heterocycles. The zero-order valence-electron chi connectivity index (χ0n) is 18.6. The van der Waals surface area contributed by atoms with Gasteiger partial charge in [0.15, 0.2) is 6.79 Å². The zero-order valence-corrected chi connectivity index (χ0v) is 20.0. The number of benzene rings is 2. The maximum absolute atomic E-state index is 14.6. The Morgan fingerprint density at radius 3 is 2.24 bits per heavy atom. The van der Waals surface area contributed by atoms with Crippen molar-refractivity contribution in [3.63, 3.8) is 0 Å². The minimum atomic E-state index is -0.832. The van der Waals surface area contributed by atoms with Crippen molar-refractivity contribution in [2.45, 2.75) is 46.6 Å². The lowest BCUT2D eigenvalue weighted by molar-refractivity contribution is 0.0511. The van der Waals surface area contributed by atoms with Gasteiger partial charge in [0.1, 0.15) is 26.8 Å². The second-order valence-corrected chi connectivity index (χ2v) is 10.5. The average molecular weight is 417 g/mol. The molecule has 0 amide bonds. The van der Waals surface area contributed by atoms with E-state index < -0.39 is 15.3 Å². The van der Waals surface area contributed by atoms with Crippen LogP contribution in [0.25, 0.3) is 10.8 Å². The van der Waals surface area contributed by atoms with Gasteiger partial charge >= 0.3 is 0 Å². The van der Waals surface area contributed by atoms with Gasteiger partial charge < -0.3 is 14.6 Å². The maximum atomic E-state index is 14.6. The van der Waals surface area contributed by atoms with Crippen LogP contribution in [0.2, 0.25) is 5.04 Å². The Hall–Kier alpha value is -2.03. The number of phenolic OH excluding ortho intramolecular Hbond substituents is 1. The summed E-state index contributed by atoms with van der Waals surface area (Å²) < 4.78 is 25.0. The number of fused-ring (bicyclic) bond motifs is 1. The van der Waals surface area contributed by atoms with Gasteiger partial charge in [-0.05, 0) is 40.3 Å². The lowest BCUT2D eigenvalue weighted by Gasteiger charge is -2.44. The third-order valence-corrected chi connectivity index (χ3v) is 9.61. The summed E-state index contributed by atoms with van der Waals surface area (Å²) in [4.78, 5) is 0. The third kappa shape index (κ3) is 4.76. The second-order valence-electron chi connectivity index (χ2n) is 8.57. The maximum Gasteiger partial charge on any atom is 0.188 e. The third-order valence-electron chi connectivity index (χ3n) is 6.20. The van der Waals surface area contributed by atoms with E-state index in [-0.39, 0.29) is 23.1 Å². The zero-order chi connectivity index (χ0) is 21.8. The summed E-state index contributed by atoms with van der Waals surface area (Å²) in [7, 11) is 0.695. The first kappa shape index (κ1) is 23.2. The van der Waals surface area contributed by atoms with Gasteiger partial charge in [-0.25, -0.2) is 4.39 Å². The first-order valence-corrected chi connectivity index (χ1v) is 11.6. The SMILES string of the molecule is COCOc1cc(O)c2c(C#C[SiH2]C(C(C)C)(C(C)C)C(C)C)c(F)ccc2c1. The minimum Gasteiger partial charge on any atom is -0.507 e. The highest BCUT2D eigenvalue weighted by molar-refractivity contribution is 6.50. The van der Waals surface area contributed by atoms with E-state index in [4.69, 9.17) is 9.47 Å². The summed E-state index contributed by atoms with van der Waals surface area (Å²) in [6.45, 7) is 13.7. The normalized spacial score (nSPS) is 12.4. The largest absolute Gasteiger partial charge is 0.507 e. The number of methoxy groups -OCH3 is 1. The number of hydrogen-bond acceptors (Lipinski definition) is 3. The van der Waals surface area contributed by atoms with Crippen LogP contribution in [0.1, 0.15) is 47.1 Å². The molecule has 0 atom stereocenters. The molecule has 0 radical (unpaired) electrons. The van der Waals surface area contributed by atoms with E-state index in [1.807, 2.05) is 0 Å². The number of phenols is 1.